The lowest BCUT2D eigenvalue weighted by molar-refractivity contribution is 0.100. The van der Waals surface area contributed by atoms with Gasteiger partial charge in [-0.2, -0.15) is 0 Å². The minimum Gasteiger partial charge on any atom is -0.366 e. The van der Waals surface area contributed by atoms with Crippen molar-refractivity contribution in [1.29, 1.82) is 0 Å². The SMILES string of the molecule is CCCc1ncc2ccc(C(N)=O)cc2n1. The van der Waals surface area contributed by atoms with Crippen LogP contribution >= 0.6 is 0 Å². The zero-order valence-corrected chi connectivity index (χ0v) is 9.10. The molecule has 0 aliphatic heterocycles. The number of carbonyl (C=O) groups is 1. The van der Waals surface area contributed by atoms with E-state index < -0.39 is 5.91 Å². The molecule has 0 atom stereocenters. The highest BCUT2D eigenvalue weighted by atomic mass is 16.1. The van der Waals surface area contributed by atoms with Crippen molar-refractivity contribution in [3.63, 3.8) is 0 Å². The maximum absolute atomic E-state index is 11.0. The van der Waals surface area contributed by atoms with Crippen molar-refractivity contribution in [2.75, 3.05) is 0 Å². The molecule has 1 aromatic carbocycles. The molecule has 1 aromatic heterocycles. The summed E-state index contributed by atoms with van der Waals surface area (Å²) in [6, 6.07) is 5.21. The van der Waals surface area contributed by atoms with Crippen molar-refractivity contribution >= 4 is 16.8 Å². The van der Waals surface area contributed by atoms with Crippen LogP contribution in [0.2, 0.25) is 0 Å². The highest BCUT2D eigenvalue weighted by Gasteiger charge is 2.04. The number of nitrogens with two attached hydrogens (primary N) is 1. The molecule has 1 heterocycles. The number of hydrogen-bond donors (Lipinski definition) is 1. The smallest absolute Gasteiger partial charge is 0.248 e. The minimum atomic E-state index is -0.433. The molecule has 0 saturated heterocycles. The summed E-state index contributed by atoms with van der Waals surface area (Å²) in [5.74, 6) is 0.370. The molecule has 1 amide bonds. The molecule has 0 aliphatic carbocycles. The number of hydrogen-bond acceptors (Lipinski definition) is 3. The van der Waals surface area contributed by atoms with Crippen LogP contribution in [0.15, 0.2) is 24.4 Å². The van der Waals surface area contributed by atoms with Crippen LogP contribution < -0.4 is 5.73 Å². The maximum Gasteiger partial charge on any atom is 0.248 e. The predicted octanol–water partition coefficient (Wildman–Crippen LogP) is 1.68. The van der Waals surface area contributed by atoms with Gasteiger partial charge in [0.25, 0.3) is 0 Å². The van der Waals surface area contributed by atoms with Crippen LogP contribution in [0.4, 0.5) is 0 Å². The van der Waals surface area contributed by atoms with Crippen molar-refractivity contribution in [1.82, 2.24) is 9.97 Å². The lowest BCUT2D eigenvalue weighted by atomic mass is 10.1. The van der Waals surface area contributed by atoms with Gasteiger partial charge in [0.2, 0.25) is 5.91 Å². The lowest BCUT2D eigenvalue weighted by Crippen LogP contribution is -2.10. The number of aryl methyl sites for hydroxylation is 1. The summed E-state index contributed by atoms with van der Waals surface area (Å²) < 4.78 is 0. The number of fused-ring (bicyclic) bond motifs is 1. The molecule has 4 heteroatoms. The van der Waals surface area contributed by atoms with Crippen LogP contribution in [0.1, 0.15) is 29.5 Å². The van der Waals surface area contributed by atoms with Crippen LogP contribution in [-0.2, 0) is 6.42 Å². The van der Waals surface area contributed by atoms with Gasteiger partial charge in [0.15, 0.2) is 0 Å². The van der Waals surface area contributed by atoms with Crippen LogP contribution in [0.5, 0.6) is 0 Å². The first kappa shape index (κ1) is 10.5. The minimum absolute atomic E-state index is 0.433. The molecule has 2 N–H and O–H groups in total. The number of aromatic nitrogens is 2. The first-order valence-electron chi connectivity index (χ1n) is 5.26. The van der Waals surface area contributed by atoms with Crippen molar-refractivity contribution in [2.45, 2.75) is 19.8 Å². The number of nitrogens with zero attached hydrogens (tertiary/aromatic N) is 2. The molecule has 2 aromatic rings. The fraction of sp³-hybridized carbons (Fsp3) is 0.250. The van der Waals surface area contributed by atoms with E-state index in [1.807, 2.05) is 6.07 Å². The molecule has 0 radical (unpaired) electrons. The lowest BCUT2D eigenvalue weighted by Gasteiger charge is -2.02. The molecule has 0 saturated carbocycles. The monoisotopic (exact) mass is 215 g/mol. The number of carbonyl (C=O) groups excluding carboxylic acids is 1. The standard InChI is InChI=1S/C12H13N3O/c1-2-3-11-14-7-9-5-4-8(12(13)16)6-10(9)15-11/h4-7H,2-3H2,1H3,(H2,13,16). The second kappa shape index (κ2) is 4.26. The van der Waals surface area contributed by atoms with Gasteiger partial charge in [0.1, 0.15) is 5.82 Å². The van der Waals surface area contributed by atoms with Crippen molar-refractivity contribution in [3.05, 3.63) is 35.8 Å². The van der Waals surface area contributed by atoms with Crippen molar-refractivity contribution < 1.29 is 4.79 Å². The Morgan fingerprint density at radius 1 is 1.44 bits per heavy atom. The Morgan fingerprint density at radius 2 is 2.25 bits per heavy atom. The largest absolute Gasteiger partial charge is 0.366 e. The zero-order valence-electron chi connectivity index (χ0n) is 9.10. The summed E-state index contributed by atoms with van der Waals surface area (Å²) in [7, 11) is 0. The third-order valence-corrected chi connectivity index (χ3v) is 2.39. The fourth-order valence-electron chi connectivity index (χ4n) is 1.56. The molecule has 0 aliphatic rings. The first-order valence-corrected chi connectivity index (χ1v) is 5.26. The van der Waals surface area contributed by atoms with Crippen LogP contribution in [-0.4, -0.2) is 15.9 Å². The average molecular weight is 215 g/mol. The quantitative estimate of drug-likeness (QED) is 0.846. The molecule has 82 valence electrons. The predicted molar refractivity (Wildman–Crippen MR) is 62.1 cm³/mol. The number of primary amides is 1. The van der Waals surface area contributed by atoms with Crippen molar-refractivity contribution in [2.24, 2.45) is 5.73 Å². The molecule has 16 heavy (non-hydrogen) atoms. The first-order chi connectivity index (χ1) is 7.70. The normalized spacial score (nSPS) is 10.6. The highest BCUT2D eigenvalue weighted by Crippen LogP contribution is 2.13. The second-order valence-corrected chi connectivity index (χ2v) is 3.67. The van der Waals surface area contributed by atoms with Gasteiger partial charge in [-0.15, -0.1) is 0 Å². The van der Waals surface area contributed by atoms with Crippen LogP contribution in [0.3, 0.4) is 0 Å². The summed E-state index contributed by atoms with van der Waals surface area (Å²) in [5.41, 5.74) is 6.47. The average Bonchev–Trinajstić information content (AvgIpc) is 2.28. The Kier molecular flexibility index (Phi) is 2.81. The third-order valence-electron chi connectivity index (χ3n) is 2.39. The topological polar surface area (TPSA) is 68.9 Å². The van der Waals surface area contributed by atoms with Gasteiger partial charge >= 0.3 is 0 Å². The molecule has 4 nitrogen and oxygen atoms in total. The van der Waals surface area contributed by atoms with Crippen molar-refractivity contribution in [3.8, 4) is 0 Å². The zero-order chi connectivity index (χ0) is 11.5. The van der Waals surface area contributed by atoms with Gasteiger partial charge in [-0.25, -0.2) is 9.97 Å². The Morgan fingerprint density at radius 3 is 2.94 bits per heavy atom. The van der Waals surface area contributed by atoms with Gasteiger partial charge in [0.05, 0.1) is 5.52 Å². The maximum atomic E-state index is 11.0. The van der Waals surface area contributed by atoms with E-state index in [1.165, 1.54) is 0 Å². The number of rotatable bonds is 3. The number of benzene rings is 1. The van der Waals surface area contributed by atoms with Gasteiger partial charge in [0, 0.05) is 23.6 Å². The highest BCUT2D eigenvalue weighted by molar-refractivity contribution is 5.96. The summed E-state index contributed by atoms with van der Waals surface area (Å²) in [5, 5.41) is 0.921. The van der Waals surface area contributed by atoms with E-state index >= 15 is 0 Å². The van der Waals surface area contributed by atoms with E-state index in [-0.39, 0.29) is 0 Å². The van der Waals surface area contributed by atoms with E-state index in [0.29, 0.717) is 5.56 Å². The van der Waals surface area contributed by atoms with Crippen LogP contribution in [0, 0.1) is 0 Å². The Balaban J connectivity index is 2.52. The van der Waals surface area contributed by atoms with Gasteiger partial charge in [-0.3, -0.25) is 4.79 Å². The second-order valence-electron chi connectivity index (χ2n) is 3.67. The van der Waals surface area contributed by atoms with E-state index in [0.717, 1.165) is 29.6 Å². The molecule has 0 bridgehead atoms. The van der Waals surface area contributed by atoms with E-state index in [4.69, 9.17) is 5.73 Å². The Labute approximate surface area is 93.5 Å². The number of amides is 1. The molecular weight excluding hydrogens is 202 g/mol. The molecular formula is C12H13N3O. The molecule has 0 spiro atoms. The summed E-state index contributed by atoms with van der Waals surface area (Å²) in [6.07, 6.45) is 3.62. The fourth-order valence-corrected chi connectivity index (χ4v) is 1.56. The third kappa shape index (κ3) is 2.00. The van der Waals surface area contributed by atoms with Gasteiger partial charge in [-0.05, 0) is 18.6 Å². The van der Waals surface area contributed by atoms with Gasteiger partial charge in [-0.1, -0.05) is 13.0 Å². The van der Waals surface area contributed by atoms with E-state index in [2.05, 4.69) is 16.9 Å². The van der Waals surface area contributed by atoms with Crippen LogP contribution in [0.25, 0.3) is 10.9 Å². The summed E-state index contributed by atoms with van der Waals surface area (Å²) in [4.78, 5) is 19.7. The van der Waals surface area contributed by atoms with E-state index in [9.17, 15) is 4.79 Å². The Hall–Kier alpha value is -1.97. The van der Waals surface area contributed by atoms with E-state index in [1.54, 1.807) is 18.3 Å². The Bertz CT molecular complexity index is 537. The molecule has 2 rings (SSSR count). The van der Waals surface area contributed by atoms with Gasteiger partial charge < -0.3 is 5.73 Å². The summed E-state index contributed by atoms with van der Waals surface area (Å²) >= 11 is 0. The summed E-state index contributed by atoms with van der Waals surface area (Å²) in [6.45, 7) is 2.08. The molecule has 0 unspecified atom stereocenters. The molecule has 0 fully saturated rings.